The van der Waals surface area contributed by atoms with Crippen LogP contribution in [0.4, 0.5) is 0 Å². The third-order valence-corrected chi connectivity index (χ3v) is 4.78. The van der Waals surface area contributed by atoms with Gasteiger partial charge < -0.3 is 15.2 Å². The Kier molecular flexibility index (Phi) is 6.60. The lowest BCUT2D eigenvalue weighted by Gasteiger charge is -2.09. The van der Waals surface area contributed by atoms with Crippen molar-refractivity contribution in [3.63, 3.8) is 0 Å². The highest BCUT2D eigenvalue weighted by atomic mass is 32.2. The number of benzene rings is 2. The van der Waals surface area contributed by atoms with E-state index >= 15 is 0 Å². The first kappa shape index (κ1) is 18.3. The molecule has 2 aromatic rings. The third-order valence-electron chi connectivity index (χ3n) is 3.46. The molecule has 0 amide bonds. The predicted molar refractivity (Wildman–Crippen MR) is 93.4 cm³/mol. The molecule has 0 aliphatic rings. The summed E-state index contributed by atoms with van der Waals surface area (Å²) in [7, 11) is -1.85. The molecule has 0 heterocycles. The van der Waals surface area contributed by atoms with Crippen LogP contribution in [0.3, 0.4) is 0 Å². The topological polar surface area (TPSA) is 87.7 Å². The predicted octanol–water partition coefficient (Wildman–Crippen LogP) is 1.61. The molecule has 0 aliphatic heterocycles. The molecule has 0 unspecified atom stereocenters. The van der Waals surface area contributed by atoms with E-state index in [4.69, 9.17) is 4.74 Å². The molecular formula is C17H22N2O4S. The van der Waals surface area contributed by atoms with Crippen molar-refractivity contribution < 1.29 is 18.3 Å². The van der Waals surface area contributed by atoms with Gasteiger partial charge >= 0.3 is 0 Å². The van der Waals surface area contributed by atoms with E-state index in [-0.39, 0.29) is 18.0 Å². The fraction of sp³-hybridized carbons (Fsp3) is 0.294. The number of ether oxygens (including phenoxy) is 1. The van der Waals surface area contributed by atoms with Crippen LogP contribution in [0.25, 0.3) is 0 Å². The minimum absolute atomic E-state index is 0.0119. The number of phenols is 1. The van der Waals surface area contributed by atoms with Gasteiger partial charge in [-0.25, -0.2) is 13.1 Å². The lowest BCUT2D eigenvalue weighted by atomic mass is 10.2. The number of aromatic hydroxyl groups is 1. The maximum absolute atomic E-state index is 11.9. The maximum atomic E-state index is 11.9. The highest BCUT2D eigenvalue weighted by molar-refractivity contribution is 7.89. The molecule has 0 bridgehead atoms. The highest BCUT2D eigenvalue weighted by Gasteiger charge is 2.09. The number of hydrogen-bond donors (Lipinski definition) is 3. The molecular weight excluding hydrogens is 328 g/mol. The summed E-state index contributed by atoms with van der Waals surface area (Å²) >= 11 is 0. The second-order valence-electron chi connectivity index (χ2n) is 5.31. The van der Waals surface area contributed by atoms with Gasteiger partial charge in [-0.2, -0.15) is 0 Å². The van der Waals surface area contributed by atoms with E-state index in [0.29, 0.717) is 18.8 Å². The van der Waals surface area contributed by atoms with Gasteiger partial charge in [0, 0.05) is 19.6 Å². The van der Waals surface area contributed by atoms with Gasteiger partial charge in [-0.15, -0.1) is 0 Å². The zero-order valence-electron chi connectivity index (χ0n) is 13.5. The lowest BCUT2D eigenvalue weighted by molar-refractivity contribution is 0.373. The van der Waals surface area contributed by atoms with E-state index in [0.717, 1.165) is 11.1 Å². The molecule has 3 N–H and O–H groups in total. The van der Waals surface area contributed by atoms with Crippen LogP contribution in [-0.2, 0) is 23.1 Å². The van der Waals surface area contributed by atoms with E-state index < -0.39 is 10.0 Å². The molecule has 0 saturated carbocycles. The minimum Gasteiger partial charge on any atom is -0.504 e. The highest BCUT2D eigenvalue weighted by Crippen LogP contribution is 2.25. The summed E-state index contributed by atoms with van der Waals surface area (Å²) in [5.41, 5.74) is 1.77. The summed E-state index contributed by atoms with van der Waals surface area (Å²) in [5, 5.41) is 12.7. The molecule has 0 aliphatic carbocycles. The Hall–Kier alpha value is -2.09. The van der Waals surface area contributed by atoms with E-state index in [9.17, 15) is 13.5 Å². The fourth-order valence-corrected chi connectivity index (χ4v) is 3.09. The SMILES string of the molecule is COc1ccc(CNCCS(=O)(=O)NCc2ccccc2)cc1O. The normalized spacial score (nSPS) is 11.4. The van der Waals surface area contributed by atoms with Gasteiger partial charge in [0.25, 0.3) is 0 Å². The van der Waals surface area contributed by atoms with Crippen LogP contribution in [0.15, 0.2) is 48.5 Å². The van der Waals surface area contributed by atoms with Gasteiger partial charge in [0.15, 0.2) is 11.5 Å². The Morgan fingerprint density at radius 1 is 1.04 bits per heavy atom. The van der Waals surface area contributed by atoms with Crippen molar-refractivity contribution in [3.05, 3.63) is 59.7 Å². The Morgan fingerprint density at radius 3 is 2.46 bits per heavy atom. The molecule has 24 heavy (non-hydrogen) atoms. The fourth-order valence-electron chi connectivity index (χ4n) is 2.15. The van der Waals surface area contributed by atoms with Crippen molar-refractivity contribution in [2.75, 3.05) is 19.4 Å². The number of hydrogen-bond acceptors (Lipinski definition) is 5. The number of phenolic OH excluding ortho intramolecular Hbond substituents is 1. The molecule has 0 fully saturated rings. The summed E-state index contributed by atoms with van der Waals surface area (Å²) in [6, 6.07) is 14.4. The number of nitrogens with one attached hydrogen (secondary N) is 2. The zero-order valence-corrected chi connectivity index (χ0v) is 14.3. The lowest BCUT2D eigenvalue weighted by Crippen LogP contribution is -2.31. The van der Waals surface area contributed by atoms with Crippen molar-refractivity contribution in [2.45, 2.75) is 13.1 Å². The molecule has 0 aromatic heterocycles. The average molecular weight is 350 g/mol. The molecule has 0 atom stereocenters. The first-order valence-corrected chi connectivity index (χ1v) is 9.23. The van der Waals surface area contributed by atoms with Crippen molar-refractivity contribution in [1.29, 1.82) is 0 Å². The standard InChI is InChI=1S/C17H22N2O4S/c1-23-17-8-7-15(11-16(17)20)12-18-9-10-24(21,22)19-13-14-5-3-2-4-6-14/h2-8,11,18-20H,9-10,12-13H2,1H3. The summed E-state index contributed by atoms with van der Waals surface area (Å²) in [6.07, 6.45) is 0. The van der Waals surface area contributed by atoms with Crippen LogP contribution in [-0.4, -0.2) is 32.9 Å². The van der Waals surface area contributed by atoms with Crippen LogP contribution in [0.5, 0.6) is 11.5 Å². The minimum atomic E-state index is -3.33. The molecule has 2 rings (SSSR count). The largest absolute Gasteiger partial charge is 0.504 e. The van der Waals surface area contributed by atoms with E-state index in [1.165, 1.54) is 7.11 Å². The van der Waals surface area contributed by atoms with Crippen LogP contribution >= 0.6 is 0 Å². The molecule has 130 valence electrons. The number of methoxy groups -OCH3 is 1. The molecule has 2 aromatic carbocycles. The number of sulfonamides is 1. The monoisotopic (exact) mass is 350 g/mol. The van der Waals surface area contributed by atoms with Crippen molar-refractivity contribution >= 4 is 10.0 Å². The second-order valence-corrected chi connectivity index (χ2v) is 7.23. The Labute approximate surface area is 142 Å². The van der Waals surface area contributed by atoms with Crippen molar-refractivity contribution in [2.24, 2.45) is 0 Å². The summed E-state index contributed by atoms with van der Waals surface area (Å²) in [5.74, 6) is 0.461. The van der Waals surface area contributed by atoms with Crippen LogP contribution in [0, 0.1) is 0 Å². The second kappa shape index (κ2) is 8.68. The zero-order chi connectivity index (χ0) is 17.4. The summed E-state index contributed by atoms with van der Waals surface area (Å²) < 4.78 is 31.4. The molecule has 0 spiro atoms. The van der Waals surface area contributed by atoms with Gasteiger partial charge in [0.05, 0.1) is 12.9 Å². The quantitative estimate of drug-likeness (QED) is 0.598. The summed E-state index contributed by atoms with van der Waals surface area (Å²) in [6.45, 7) is 1.07. The van der Waals surface area contributed by atoms with E-state index in [1.54, 1.807) is 12.1 Å². The maximum Gasteiger partial charge on any atom is 0.213 e. The molecule has 0 radical (unpaired) electrons. The van der Waals surface area contributed by atoms with Gasteiger partial charge in [0.1, 0.15) is 0 Å². The first-order valence-electron chi connectivity index (χ1n) is 7.58. The Balaban J connectivity index is 1.73. The smallest absolute Gasteiger partial charge is 0.213 e. The Morgan fingerprint density at radius 2 is 1.79 bits per heavy atom. The van der Waals surface area contributed by atoms with Gasteiger partial charge in [0.2, 0.25) is 10.0 Å². The number of rotatable bonds is 9. The van der Waals surface area contributed by atoms with Crippen molar-refractivity contribution in [1.82, 2.24) is 10.0 Å². The van der Waals surface area contributed by atoms with Crippen LogP contribution < -0.4 is 14.8 Å². The first-order chi connectivity index (χ1) is 11.5. The van der Waals surface area contributed by atoms with Gasteiger partial charge in [-0.1, -0.05) is 36.4 Å². The van der Waals surface area contributed by atoms with Crippen LogP contribution in [0.1, 0.15) is 11.1 Å². The Bertz CT molecular complexity index is 748. The third kappa shape index (κ3) is 5.84. The average Bonchev–Trinajstić information content (AvgIpc) is 2.58. The summed E-state index contributed by atoms with van der Waals surface area (Å²) in [4.78, 5) is 0. The van der Waals surface area contributed by atoms with Gasteiger partial charge in [-0.3, -0.25) is 0 Å². The van der Waals surface area contributed by atoms with E-state index in [1.807, 2.05) is 36.4 Å². The molecule has 7 heteroatoms. The van der Waals surface area contributed by atoms with Gasteiger partial charge in [-0.05, 0) is 23.3 Å². The van der Waals surface area contributed by atoms with Crippen molar-refractivity contribution in [3.8, 4) is 11.5 Å². The molecule has 0 saturated heterocycles. The molecule has 6 nitrogen and oxygen atoms in total. The van der Waals surface area contributed by atoms with E-state index in [2.05, 4.69) is 10.0 Å². The van der Waals surface area contributed by atoms with Crippen LogP contribution in [0.2, 0.25) is 0 Å².